The molecule has 5 aromatic heterocycles. The Labute approximate surface area is 294 Å². The first-order chi connectivity index (χ1) is 25.2. The van der Waals surface area contributed by atoms with E-state index in [-0.39, 0.29) is 6.04 Å². The number of allylic oxidation sites excluding steroid dienone is 1. The van der Waals surface area contributed by atoms with Gasteiger partial charge < -0.3 is 8.82 Å². The Bertz CT molecular complexity index is 3110. The molecule has 7 heterocycles. The van der Waals surface area contributed by atoms with Gasteiger partial charge in [-0.15, -0.1) is 0 Å². The van der Waals surface area contributed by atoms with E-state index < -0.39 is 0 Å². The smallest absolute Gasteiger partial charge is 0.218 e. The number of aryl methyl sites for hydroxylation is 1. The Morgan fingerprint density at radius 3 is 2.33 bits per heavy atom. The van der Waals surface area contributed by atoms with Gasteiger partial charge in [0.25, 0.3) is 0 Å². The molecule has 0 saturated carbocycles. The zero-order chi connectivity index (χ0) is 33.4. The van der Waals surface area contributed by atoms with Gasteiger partial charge in [0, 0.05) is 62.7 Å². The van der Waals surface area contributed by atoms with Crippen LogP contribution in [0.3, 0.4) is 0 Å². The standard InChI is InChI=1S/C47H33N3O/c1-28-25-41-32(30-11-2-3-12-31(30)39-16-7-9-24-49(39)41)20-19-29-26-42-38(27-37(29)40-17-6-8-23-48(28)40)34-15-10-14-33-35-21-22-44-45(47(35)50(42)46(33)34)36-13-4-5-18-43(36)51-44/h2-18,21-24,26-27,32,41H,1,19-20,25H2/q+2. The number of pyridine rings is 2. The lowest BCUT2D eigenvalue weighted by molar-refractivity contribution is -0.720. The number of rotatable bonds is 0. The molecule has 0 fully saturated rings. The van der Waals surface area contributed by atoms with Gasteiger partial charge in [-0.25, -0.2) is 0 Å². The molecule has 0 radical (unpaired) electrons. The van der Waals surface area contributed by atoms with Crippen molar-refractivity contribution in [2.45, 2.75) is 31.2 Å². The van der Waals surface area contributed by atoms with Crippen LogP contribution in [0.4, 0.5) is 0 Å². The number of hydrogen-bond acceptors (Lipinski definition) is 1. The van der Waals surface area contributed by atoms with E-state index in [0.29, 0.717) is 5.92 Å². The molecular formula is C47H33N3O+2. The summed E-state index contributed by atoms with van der Waals surface area (Å²) in [5.74, 6) is 0.345. The summed E-state index contributed by atoms with van der Waals surface area (Å²) in [6.07, 6.45) is 7.36. The molecule has 0 spiro atoms. The van der Waals surface area contributed by atoms with Gasteiger partial charge in [-0.3, -0.25) is 0 Å². The molecule has 0 amide bonds. The lowest BCUT2D eigenvalue weighted by Gasteiger charge is -2.31. The molecule has 2 unspecified atom stereocenters. The molecule has 0 N–H and O–H groups in total. The first-order valence-electron chi connectivity index (χ1n) is 18.1. The van der Waals surface area contributed by atoms with Crippen molar-refractivity contribution in [2.75, 3.05) is 0 Å². The molecule has 2 aliphatic heterocycles. The number of aromatic nitrogens is 3. The molecule has 4 heteroatoms. The molecule has 2 atom stereocenters. The van der Waals surface area contributed by atoms with Crippen molar-refractivity contribution in [1.29, 1.82) is 0 Å². The minimum absolute atomic E-state index is 0.264. The fourth-order valence-electron chi connectivity index (χ4n) is 9.90. The van der Waals surface area contributed by atoms with Crippen LogP contribution in [0, 0.1) is 0 Å². The minimum Gasteiger partial charge on any atom is -0.456 e. The molecular weight excluding hydrogens is 623 g/mol. The van der Waals surface area contributed by atoms with Crippen molar-refractivity contribution in [3.63, 3.8) is 0 Å². The van der Waals surface area contributed by atoms with E-state index in [0.717, 1.165) is 41.5 Å². The van der Waals surface area contributed by atoms with Gasteiger partial charge in [-0.1, -0.05) is 54.6 Å². The van der Waals surface area contributed by atoms with E-state index in [1.165, 1.54) is 77.1 Å². The second-order valence-electron chi connectivity index (χ2n) is 14.5. The predicted molar refractivity (Wildman–Crippen MR) is 206 cm³/mol. The third-order valence-electron chi connectivity index (χ3n) is 12.0. The lowest BCUT2D eigenvalue weighted by Crippen LogP contribution is -2.49. The summed E-state index contributed by atoms with van der Waals surface area (Å²) in [6.45, 7) is 4.77. The van der Waals surface area contributed by atoms with Gasteiger partial charge in [-0.2, -0.15) is 9.13 Å². The molecule has 10 aromatic rings. The number of furan rings is 1. The summed E-state index contributed by atoms with van der Waals surface area (Å²) in [6, 6.07) is 47.2. The highest BCUT2D eigenvalue weighted by molar-refractivity contribution is 6.30. The van der Waals surface area contributed by atoms with Gasteiger partial charge in [0.15, 0.2) is 24.1 Å². The van der Waals surface area contributed by atoms with Crippen LogP contribution in [0.25, 0.3) is 88.2 Å². The van der Waals surface area contributed by atoms with E-state index in [2.05, 4.69) is 153 Å². The predicted octanol–water partition coefficient (Wildman–Crippen LogP) is 10.8. The second-order valence-corrected chi connectivity index (χ2v) is 14.5. The zero-order valence-corrected chi connectivity index (χ0v) is 28.0. The molecule has 0 bridgehead atoms. The molecule has 240 valence electrons. The summed E-state index contributed by atoms with van der Waals surface area (Å²) in [7, 11) is 0. The average molecular weight is 656 g/mol. The maximum absolute atomic E-state index is 6.43. The van der Waals surface area contributed by atoms with Gasteiger partial charge >= 0.3 is 0 Å². The van der Waals surface area contributed by atoms with Crippen molar-refractivity contribution in [3.8, 4) is 22.5 Å². The minimum atomic E-state index is 0.264. The normalized spacial score (nSPS) is 17.2. The summed E-state index contributed by atoms with van der Waals surface area (Å²) < 4.78 is 13.8. The number of para-hydroxylation sites is 2. The quantitative estimate of drug-likeness (QED) is 0.149. The summed E-state index contributed by atoms with van der Waals surface area (Å²) >= 11 is 0. The van der Waals surface area contributed by atoms with Crippen LogP contribution in [0.5, 0.6) is 0 Å². The van der Waals surface area contributed by atoms with Gasteiger partial charge in [0.05, 0.1) is 33.9 Å². The highest BCUT2D eigenvalue weighted by Crippen LogP contribution is 2.47. The monoisotopic (exact) mass is 655 g/mol. The summed E-state index contributed by atoms with van der Waals surface area (Å²) in [5.41, 5.74) is 14.7. The molecule has 51 heavy (non-hydrogen) atoms. The molecule has 2 aliphatic rings. The summed E-state index contributed by atoms with van der Waals surface area (Å²) in [4.78, 5) is 0. The van der Waals surface area contributed by atoms with Crippen LogP contribution in [-0.4, -0.2) is 4.40 Å². The van der Waals surface area contributed by atoms with Gasteiger partial charge in [0.2, 0.25) is 11.4 Å². The van der Waals surface area contributed by atoms with E-state index in [1.54, 1.807) is 0 Å². The SMILES string of the molecule is C=C1CC2C(CCc3cc4c(cc3-c3cccc[n+]31)c1cccc3c5ccc6oc7ccccc7c6c5n4c13)c1ccccc1-c1cccc[n+]12. The number of hydrogen-bond donors (Lipinski definition) is 0. The third-order valence-corrected chi connectivity index (χ3v) is 12.0. The van der Waals surface area contributed by atoms with Crippen LogP contribution in [0.1, 0.15) is 35.9 Å². The van der Waals surface area contributed by atoms with Crippen molar-refractivity contribution in [1.82, 2.24) is 4.40 Å². The van der Waals surface area contributed by atoms with Gasteiger partial charge in [-0.05, 0) is 79.1 Å². The molecule has 5 aromatic carbocycles. The van der Waals surface area contributed by atoms with E-state index in [1.807, 2.05) is 0 Å². The van der Waals surface area contributed by atoms with Crippen LogP contribution in [0.15, 0.2) is 151 Å². The maximum Gasteiger partial charge on any atom is 0.218 e. The Balaban J connectivity index is 1.17. The topological polar surface area (TPSA) is 25.3 Å². The van der Waals surface area contributed by atoms with Crippen molar-refractivity contribution in [3.05, 3.63) is 157 Å². The first kappa shape index (κ1) is 27.5. The lowest BCUT2D eigenvalue weighted by atomic mass is 9.77. The average Bonchev–Trinajstić information content (AvgIpc) is 3.83. The second kappa shape index (κ2) is 9.92. The van der Waals surface area contributed by atoms with E-state index in [9.17, 15) is 0 Å². The Morgan fingerprint density at radius 1 is 0.627 bits per heavy atom. The third kappa shape index (κ3) is 3.59. The van der Waals surface area contributed by atoms with Crippen LogP contribution < -0.4 is 9.13 Å². The molecule has 4 nitrogen and oxygen atoms in total. The number of nitrogens with zero attached hydrogens (tertiary/aromatic N) is 3. The maximum atomic E-state index is 6.43. The number of fused-ring (bicyclic) bond motifs is 19. The molecule has 12 rings (SSSR count). The van der Waals surface area contributed by atoms with E-state index in [4.69, 9.17) is 11.0 Å². The zero-order valence-electron chi connectivity index (χ0n) is 28.0. The molecule has 0 saturated heterocycles. The fourth-order valence-corrected chi connectivity index (χ4v) is 9.90. The van der Waals surface area contributed by atoms with E-state index >= 15 is 0 Å². The Kier molecular flexibility index (Phi) is 5.36. The molecule has 0 aliphatic carbocycles. The Morgan fingerprint density at radius 2 is 1.39 bits per heavy atom. The summed E-state index contributed by atoms with van der Waals surface area (Å²) in [5, 5.41) is 7.47. The van der Waals surface area contributed by atoms with Crippen LogP contribution in [-0.2, 0) is 6.42 Å². The Hall–Kier alpha value is -6.26. The van der Waals surface area contributed by atoms with Crippen LogP contribution >= 0.6 is 0 Å². The first-order valence-corrected chi connectivity index (χ1v) is 18.1. The highest BCUT2D eigenvalue weighted by atomic mass is 16.3. The van der Waals surface area contributed by atoms with Crippen molar-refractivity contribution in [2.24, 2.45) is 0 Å². The van der Waals surface area contributed by atoms with Crippen molar-refractivity contribution < 1.29 is 13.6 Å². The fraction of sp³-hybridized carbons (Fsp3) is 0.106. The highest BCUT2D eigenvalue weighted by Gasteiger charge is 2.42. The van der Waals surface area contributed by atoms with Crippen LogP contribution in [0.2, 0.25) is 0 Å². The van der Waals surface area contributed by atoms with Crippen molar-refractivity contribution >= 4 is 65.7 Å². The largest absolute Gasteiger partial charge is 0.456 e. The number of benzene rings is 5. The van der Waals surface area contributed by atoms with Gasteiger partial charge in [0.1, 0.15) is 11.2 Å².